The normalized spacial score (nSPS) is 8.20. The van der Waals surface area contributed by atoms with Crippen LogP contribution in [0.3, 0.4) is 0 Å². The van der Waals surface area contributed by atoms with Crippen molar-refractivity contribution < 1.29 is 21.9 Å². The lowest BCUT2D eigenvalue weighted by atomic mass is 10.3. The van der Waals surface area contributed by atoms with Crippen LogP contribution >= 0.6 is 0 Å². The molecule has 0 aliphatic rings. The number of hydrogen-bond acceptors (Lipinski definition) is 3. The molecule has 2 N–H and O–H groups in total. The molecule has 0 aliphatic heterocycles. The molecular formula is C6H13ClNO2-. The van der Waals surface area contributed by atoms with E-state index in [9.17, 15) is 4.79 Å². The van der Waals surface area contributed by atoms with Gasteiger partial charge in [0, 0.05) is 6.42 Å². The predicted molar refractivity (Wildman–Crippen MR) is 34.9 cm³/mol. The van der Waals surface area contributed by atoms with E-state index >= 15 is 0 Å². The Morgan fingerprint density at radius 2 is 2.20 bits per heavy atom. The Morgan fingerprint density at radius 1 is 1.60 bits per heavy atom. The van der Waals surface area contributed by atoms with Crippen molar-refractivity contribution in [1.82, 2.24) is 0 Å². The second-order valence-electron chi connectivity index (χ2n) is 1.70. The first-order valence-electron chi connectivity index (χ1n) is 3.17. The molecule has 0 aromatic heterocycles. The van der Waals surface area contributed by atoms with Gasteiger partial charge in [-0.1, -0.05) is 0 Å². The van der Waals surface area contributed by atoms with E-state index in [1.54, 1.807) is 6.92 Å². The van der Waals surface area contributed by atoms with Gasteiger partial charge in [0.05, 0.1) is 6.61 Å². The summed E-state index contributed by atoms with van der Waals surface area (Å²) >= 11 is 0. The quantitative estimate of drug-likeness (QED) is 0.463. The van der Waals surface area contributed by atoms with Crippen LogP contribution in [0.25, 0.3) is 0 Å². The minimum atomic E-state index is -0.150. The molecule has 0 atom stereocenters. The van der Waals surface area contributed by atoms with Gasteiger partial charge in [0.25, 0.3) is 0 Å². The lowest BCUT2D eigenvalue weighted by molar-refractivity contribution is -0.143. The van der Waals surface area contributed by atoms with Crippen molar-refractivity contribution in [3.63, 3.8) is 0 Å². The highest BCUT2D eigenvalue weighted by Crippen LogP contribution is 1.89. The second kappa shape index (κ2) is 8.72. The van der Waals surface area contributed by atoms with Crippen molar-refractivity contribution in [1.29, 1.82) is 0 Å². The molecule has 0 aliphatic carbocycles. The second-order valence-corrected chi connectivity index (χ2v) is 1.70. The summed E-state index contributed by atoms with van der Waals surface area (Å²) in [6.45, 7) is 2.81. The Hall–Kier alpha value is -0.280. The van der Waals surface area contributed by atoms with Gasteiger partial charge in [-0.15, -0.1) is 0 Å². The Bertz CT molecular complexity index is 87.8. The molecule has 0 bridgehead atoms. The number of carbonyl (C=O) groups is 1. The zero-order valence-corrected chi connectivity index (χ0v) is 6.86. The fraction of sp³-hybridized carbons (Fsp3) is 0.833. The number of rotatable bonds is 4. The van der Waals surface area contributed by atoms with Crippen LogP contribution in [0, 0.1) is 0 Å². The van der Waals surface area contributed by atoms with E-state index in [0.717, 1.165) is 6.42 Å². The SMILES string of the molecule is CCOC(=O)CCCN.[Cl-]. The minimum absolute atomic E-state index is 0. The summed E-state index contributed by atoms with van der Waals surface area (Å²) in [5.74, 6) is -0.150. The summed E-state index contributed by atoms with van der Waals surface area (Å²) in [4.78, 5) is 10.5. The summed E-state index contributed by atoms with van der Waals surface area (Å²) in [6, 6.07) is 0. The molecule has 4 heteroatoms. The molecule has 0 fully saturated rings. The number of esters is 1. The zero-order valence-electron chi connectivity index (χ0n) is 6.10. The van der Waals surface area contributed by atoms with Crippen molar-refractivity contribution in [2.75, 3.05) is 13.2 Å². The van der Waals surface area contributed by atoms with Gasteiger partial charge in [-0.05, 0) is 19.9 Å². The third-order valence-corrected chi connectivity index (χ3v) is 0.890. The Kier molecular flexibility index (Phi) is 10.8. The molecule has 0 amide bonds. The van der Waals surface area contributed by atoms with Gasteiger partial charge in [0.1, 0.15) is 0 Å². The van der Waals surface area contributed by atoms with Crippen LogP contribution in [-0.4, -0.2) is 19.1 Å². The van der Waals surface area contributed by atoms with Crippen LogP contribution in [-0.2, 0) is 9.53 Å². The number of nitrogens with two attached hydrogens (primary N) is 1. The standard InChI is InChI=1S/C6H13NO2.ClH/c1-2-9-6(8)4-3-5-7;/h2-5,7H2,1H3;1H/p-1. The average molecular weight is 167 g/mol. The first kappa shape index (κ1) is 12.4. The van der Waals surface area contributed by atoms with E-state index in [1.807, 2.05) is 0 Å². The van der Waals surface area contributed by atoms with Crippen molar-refractivity contribution in [2.45, 2.75) is 19.8 Å². The molecule has 62 valence electrons. The molecule has 0 saturated carbocycles. The smallest absolute Gasteiger partial charge is 0.305 e. The molecule has 3 nitrogen and oxygen atoms in total. The summed E-state index contributed by atoms with van der Waals surface area (Å²) < 4.78 is 4.65. The van der Waals surface area contributed by atoms with E-state index in [0.29, 0.717) is 19.6 Å². The summed E-state index contributed by atoms with van der Waals surface area (Å²) in [7, 11) is 0. The highest BCUT2D eigenvalue weighted by atomic mass is 35.5. The fourth-order valence-electron chi connectivity index (χ4n) is 0.480. The molecule has 10 heavy (non-hydrogen) atoms. The number of halogens is 1. The van der Waals surface area contributed by atoms with Crippen molar-refractivity contribution in [3.8, 4) is 0 Å². The van der Waals surface area contributed by atoms with Gasteiger partial charge in [-0.2, -0.15) is 0 Å². The largest absolute Gasteiger partial charge is 1.00 e. The van der Waals surface area contributed by atoms with Crippen LogP contribution in [0.1, 0.15) is 19.8 Å². The lowest BCUT2D eigenvalue weighted by Crippen LogP contribution is -3.00. The molecule has 0 saturated heterocycles. The lowest BCUT2D eigenvalue weighted by Gasteiger charge is -1.98. The topological polar surface area (TPSA) is 52.3 Å². The van der Waals surface area contributed by atoms with Crippen LogP contribution in [0.15, 0.2) is 0 Å². The van der Waals surface area contributed by atoms with E-state index in [1.165, 1.54) is 0 Å². The first-order valence-corrected chi connectivity index (χ1v) is 3.17. The molecule has 0 aromatic rings. The fourth-order valence-corrected chi connectivity index (χ4v) is 0.480. The monoisotopic (exact) mass is 166 g/mol. The molecule has 0 spiro atoms. The number of ether oxygens (including phenoxy) is 1. The Balaban J connectivity index is 0. The molecule has 0 radical (unpaired) electrons. The van der Waals surface area contributed by atoms with Crippen molar-refractivity contribution in [2.24, 2.45) is 5.73 Å². The first-order chi connectivity index (χ1) is 4.31. The predicted octanol–water partition coefficient (Wildman–Crippen LogP) is -2.71. The van der Waals surface area contributed by atoms with Gasteiger partial charge in [0.2, 0.25) is 0 Å². The summed E-state index contributed by atoms with van der Waals surface area (Å²) in [5.41, 5.74) is 5.17. The zero-order chi connectivity index (χ0) is 7.11. The molecule has 0 aromatic carbocycles. The van der Waals surface area contributed by atoms with Gasteiger partial charge in [-0.3, -0.25) is 4.79 Å². The number of hydrogen-bond donors (Lipinski definition) is 1. The van der Waals surface area contributed by atoms with E-state index in [-0.39, 0.29) is 18.4 Å². The average Bonchev–Trinajstić information content (AvgIpc) is 1.85. The van der Waals surface area contributed by atoms with Crippen LogP contribution in [0.2, 0.25) is 0 Å². The summed E-state index contributed by atoms with van der Waals surface area (Å²) in [5, 5.41) is 0. The molecule has 0 rings (SSSR count). The maximum Gasteiger partial charge on any atom is 0.305 e. The third kappa shape index (κ3) is 7.72. The van der Waals surface area contributed by atoms with Gasteiger partial charge >= 0.3 is 5.97 Å². The van der Waals surface area contributed by atoms with Crippen molar-refractivity contribution in [3.05, 3.63) is 0 Å². The maximum absolute atomic E-state index is 10.5. The van der Waals surface area contributed by atoms with Gasteiger partial charge < -0.3 is 22.9 Å². The highest BCUT2D eigenvalue weighted by molar-refractivity contribution is 5.69. The van der Waals surface area contributed by atoms with Crippen molar-refractivity contribution >= 4 is 5.97 Å². The summed E-state index contributed by atoms with van der Waals surface area (Å²) in [6.07, 6.45) is 1.17. The number of carbonyl (C=O) groups excluding carboxylic acids is 1. The van der Waals surface area contributed by atoms with Crippen LogP contribution in [0.5, 0.6) is 0 Å². The van der Waals surface area contributed by atoms with Crippen LogP contribution < -0.4 is 18.1 Å². The van der Waals surface area contributed by atoms with E-state index < -0.39 is 0 Å². The Morgan fingerprint density at radius 3 is 2.60 bits per heavy atom. The molecular weight excluding hydrogens is 154 g/mol. The van der Waals surface area contributed by atoms with E-state index in [4.69, 9.17) is 5.73 Å². The highest BCUT2D eigenvalue weighted by Gasteiger charge is 1.97. The van der Waals surface area contributed by atoms with Gasteiger partial charge in [0.15, 0.2) is 0 Å². The van der Waals surface area contributed by atoms with Gasteiger partial charge in [-0.25, -0.2) is 0 Å². The third-order valence-electron chi connectivity index (χ3n) is 0.890. The minimum Gasteiger partial charge on any atom is -1.00 e. The molecule has 0 heterocycles. The van der Waals surface area contributed by atoms with E-state index in [2.05, 4.69) is 4.74 Å². The van der Waals surface area contributed by atoms with Crippen LogP contribution in [0.4, 0.5) is 0 Å². The Labute approximate surface area is 67.3 Å². The molecule has 0 unspecified atom stereocenters. The maximum atomic E-state index is 10.5.